The number of aryl methyl sites for hydroxylation is 1. The van der Waals surface area contributed by atoms with Gasteiger partial charge in [0.1, 0.15) is 0 Å². The van der Waals surface area contributed by atoms with Gasteiger partial charge in [0.2, 0.25) is 0 Å². The molecule has 0 unspecified atom stereocenters. The third kappa shape index (κ3) is 4.18. The van der Waals surface area contributed by atoms with Crippen LogP contribution in [0.5, 0.6) is 0 Å². The Morgan fingerprint density at radius 1 is 1.09 bits per heavy atom. The van der Waals surface area contributed by atoms with Crippen LogP contribution < -0.4 is 4.83 Å². The third-order valence-electron chi connectivity index (χ3n) is 3.16. The van der Waals surface area contributed by atoms with Gasteiger partial charge < -0.3 is 0 Å². The van der Waals surface area contributed by atoms with Crippen molar-refractivity contribution in [1.29, 1.82) is 0 Å². The lowest BCUT2D eigenvalue weighted by molar-refractivity contribution is 0.580. The van der Waals surface area contributed by atoms with Gasteiger partial charge in [-0.3, -0.25) is 0 Å². The number of nitrogens with zero attached hydrogens (tertiary/aromatic N) is 1. The fraction of sp³-hybridized carbons (Fsp3) is 0.312. The molecule has 0 saturated heterocycles. The van der Waals surface area contributed by atoms with E-state index in [4.69, 9.17) is 0 Å². The van der Waals surface area contributed by atoms with Crippen LogP contribution in [0, 0.1) is 6.92 Å². The Balaban J connectivity index is 2.11. The molecule has 0 aliphatic carbocycles. The maximum absolute atomic E-state index is 12.2. The highest BCUT2D eigenvalue weighted by atomic mass is 32.2. The van der Waals surface area contributed by atoms with E-state index in [0.29, 0.717) is 0 Å². The molecule has 0 saturated carbocycles. The summed E-state index contributed by atoms with van der Waals surface area (Å²) in [5, 5.41) is 3.82. The average Bonchev–Trinajstić information content (AvgIpc) is 2.83. The molecule has 118 valence electrons. The fourth-order valence-corrected chi connectivity index (χ4v) is 3.41. The fourth-order valence-electron chi connectivity index (χ4n) is 1.87. The van der Waals surface area contributed by atoms with Gasteiger partial charge in [-0.25, -0.2) is 4.83 Å². The number of benzene rings is 1. The predicted molar refractivity (Wildman–Crippen MR) is 92.1 cm³/mol. The van der Waals surface area contributed by atoms with Gasteiger partial charge in [-0.1, -0.05) is 32.9 Å². The van der Waals surface area contributed by atoms with E-state index in [-0.39, 0.29) is 10.3 Å². The molecule has 0 bridgehead atoms. The van der Waals surface area contributed by atoms with E-state index in [2.05, 4.69) is 30.7 Å². The third-order valence-corrected chi connectivity index (χ3v) is 5.33. The summed E-state index contributed by atoms with van der Waals surface area (Å²) in [6, 6.07) is 10.7. The lowest BCUT2D eigenvalue weighted by Gasteiger charge is -2.19. The van der Waals surface area contributed by atoms with E-state index in [9.17, 15) is 8.42 Å². The van der Waals surface area contributed by atoms with Crippen molar-refractivity contribution in [2.75, 3.05) is 0 Å². The Bertz CT molecular complexity index is 767. The summed E-state index contributed by atoms with van der Waals surface area (Å²) in [6.07, 6.45) is 1.51. The first-order valence-electron chi connectivity index (χ1n) is 6.90. The standard InChI is InChI=1S/C16H20N2O2S2/c1-12-5-8-14(21-12)11-17-18-22(19,20)15-9-6-13(7-10-15)16(2,3)4/h5-11,18H,1-4H3. The minimum atomic E-state index is -3.63. The number of thiophene rings is 1. The van der Waals surface area contributed by atoms with Crippen molar-refractivity contribution in [3.8, 4) is 0 Å². The molecule has 0 amide bonds. The van der Waals surface area contributed by atoms with Gasteiger partial charge >= 0.3 is 0 Å². The van der Waals surface area contributed by atoms with E-state index in [0.717, 1.165) is 15.3 Å². The summed E-state index contributed by atoms with van der Waals surface area (Å²) in [5.41, 5.74) is 1.08. The largest absolute Gasteiger partial charge is 0.276 e. The monoisotopic (exact) mass is 336 g/mol. The van der Waals surface area contributed by atoms with Gasteiger partial charge in [0.05, 0.1) is 11.1 Å². The first kappa shape index (κ1) is 16.7. The molecule has 1 aromatic heterocycles. The van der Waals surface area contributed by atoms with Gasteiger partial charge in [0.25, 0.3) is 10.0 Å². The van der Waals surface area contributed by atoms with E-state index < -0.39 is 10.0 Å². The van der Waals surface area contributed by atoms with Crippen molar-refractivity contribution >= 4 is 27.6 Å². The summed E-state index contributed by atoms with van der Waals surface area (Å²) >= 11 is 1.55. The molecule has 2 aromatic rings. The van der Waals surface area contributed by atoms with Gasteiger partial charge in [0, 0.05) is 9.75 Å². The summed E-state index contributed by atoms with van der Waals surface area (Å²) in [7, 11) is -3.63. The van der Waals surface area contributed by atoms with Crippen LogP contribution in [-0.2, 0) is 15.4 Å². The average molecular weight is 336 g/mol. The topological polar surface area (TPSA) is 58.5 Å². The molecule has 1 N–H and O–H groups in total. The molecule has 0 radical (unpaired) electrons. The van der Waals surface area contributed by atoms with Crippen molar-refractivity contribution in [3.05, 3.63) is 51.7 Å². The first-order valence-corrected chi connectivity index (χ1v) is 9.20. The van der Waals surface area contributed by atoms with Crippen LogP contribution in [0.15, 0.2) is 46.4 Å². The van der Waals surface area contributed by atoms with Crippen LogP contribution in [0.1, 0.15) is 36.1 Å². The minimum Gasteiger partial charge on any atom is -0.200 e. The molecule has 1 aromatic carbocycles. The second-order valence-electron chi connectivity index (χ2n) is 6.08. The SMILES string of the molecule is Cc1ccc(C=NNS(=O)(=O)c2ccc(C(C)(C)C)cc2)s1. The number of hydrazone groups is 1. The Morgan fingerprint density at radius 3 is 2.23 bits per heavy atom. The number of sulfonamides is 1. The molecule has 0 aliphatic heterocycles. The maximum Gasteiger partial charge on any atom is 0.276 e. The van der Waals surface area contributed by atoms with Crippen molar-refractivity contribution in [1.82, 2.24) is 4.83 Å². The van der Waals surface area contributed by atoms with Gasteiger partial charge in [-0.2, -0.15) is 13.5 Å². The molecule has 1 heterocycles. The highest BCUT2D eigenvalue weighted by Crippen LogP contribution is 2.23. The molecule has 6 heteroatoms. The first-order chi connectivity index (χ1) is 10.2. The van der Waals surface area contributed by atoms with Crippen molar-refractivity contribution in [2.24, 2.45) is 5.10 Å². The van der Waals surface area contributed by atoms with Crippen LogP contribution in [-0.4, -0.2) is 14.6 Å². The second kappa shape index (κ2) is 6.22. The van der Waals surface area contributed by atoms with Crippen LogP contribution in [0.3, 0.4) is 0 Å². The summed E-state index contributed by atoms with van der Waals surface area (Å²) in [4.78, 5) is 4.51. The zero-order valence-electron chi connectivity index (χ0n) is 13.1. The molecule has 0 atom stereocenters. The molecule has 0 spiro atoms. The zero-order valence-corrected chi connectivity index (χ0v) is 14.8. The lowest BCUT2D eigenvalue weighted by atomic mass is 9.87. The van der Waals surface area contributed by atoms with E-state index in [1.165, 1.54) is 6.21 Å². The van der Waals surface area contributed by atoms with Crippen molar-refractivity contribution in [2.45, 2.75) is 38.0 Å². The Hall–Kier alpha value is -1.66. The van der Waals surface area contributed by atoms with Crippen LogP contribution in [0.25, 0.3) is 0 Å². The molecule has 0 aliphatic rings. The predicted octanol–water partition coefficient (Wildman–Crippen LogP) is 3.67. The summed E-state index contributed by atoms with van der Waals surface area (Å²) < 4.78 is 24.3. The Labute approximate surface area is 135 Å². The van der Waals surface area contributed by atoms with E-state index >= 15 is 0 Å². The summed E-state index contributed by atoms with van der Waals surface area (Å²) in [5.74, 6) is 0. The maximum atomic E-state index is 12.2. The van der Waals surface area contributed by atoms with E-state index in [1.54, 1.807) is 23.5 Å². The van der Waals surface area contributed by atoms with E-state index in [1.807, 2.05) is 31.2 Å². The summed E-state index contributed by atoms with van der Waals surface area (Å²) in [6.45, 7) is 8.25. The molecule has 0 fully saturated rings. The van der Waals surface area contributed by atoms with Gasteiger partial charge in [-0.05, 0) is 42.2 Å². The van der Waals surface area contributed by atoms with Crippen molar-refractivity contribution < 1.29 is 8.42 Å². The smallest absolute Gasteiger partial charge is 0.200 e. The minimum absolute atomic E-state index is 0.00902. The Kier molecular flexibility index (Phi) is 4.72. The number of rotatable bonds is 4. The highest BCUT2D eigenvalue weighted by Gasteiger charge is 2.16. The zero-order chi connectivity index (χ0) is 16.4. The van der Waals surface area contributed by atoms with Crippen LogP contribution >= 0.6 is 11.3 Å². The molecule has 22 heavy (non-hydrogen) atoms. The normalized spacial score (nSPS) is 12.7. The van der Waals surface area contributed by atoms with Gasteiger partial charge in [0.15, 0.2) is 0 Å². The number of hydrogen-bond acceptors (Lipinski definition) is 4. The van der Waals surface area contributed by atoms with Gasteiger partial charge in [-0.15, -0.1) is 11.3 Å². The number of hydrogen-bond donors (Lipinski definition) is 1. The molecule has 2 rings (SSSR count). The highest BCUT2D eigenvalue weighted by molar-refractivity contribution is 7.89. The quantitative estimate of drug-likeness (QED) is 0.684. The Morgan fingerprint density at radius 2 is 1.73 bits per heavy atom. The van der Waals surface area contributed by atoms with Crippen molar-refractivity contribution in [3.63, 3.8) is 0 Å². The molecular weight excluding hydrogens is 316 g/mol. The molecule has 4 nitrogen and oxygen atoms in total. The number of nitrogens with one attached hydrogen (secondary N) is 1. The van der Waals surface area contributed by atoms with Crippen LogP contribution in [0.4, 0.5) is 0 Å². The van der Waals surface area contributed by atoms with Crippen LogP contribution in [0.2, 0.25) is 0 Å². The lowest BCUT2D eigenvalue weighted by Crippen LogP contribution is -2.19. The molecular formula is C16H20N2O2S2. The second-order valence-corrected chi connectivity index (χ2v) is 9.06.